The highest BCUT2D eigenvalue weighted by Crippen LogP contribution is 2.06. The molecule has 0 amide bonds. The predicted octanol–water partition coefficient (Wildman–Crippen LogP) is 1.78. The summed E-state index contributed by atoms with van der Waals surface area (Å²) in [7, 11) is 2.12. The van der Waals surface area contributed by atoms with Crippen LogP contribution in [0.4, 0.5) is 0 Å². The molecule has 1 aromatic heterocycles. The highest BCUT2D eigenvalue weighted by Gasteiger charge is 2.01. The molecule has 0 aliphatic carbocycles. The van der Waals surface area contributed by atoms with Gasteiger partial charge in [-0.1, -0.05) is 30.4 Å². The Morgan fingerprint density at radius 3 is 2.43 bits per heavy atom. The maximum Gasteiger partial charge on any atom is 0.0488 e. The Balaban J connectivity index is 3.17. The normalized spacial score (nSPS) is 14.2. The summed E-state index contributed by atoms with van der Waals surface area (Å²) >= 11 is 0. The Morgan fingerprint density at radius 1 is 1.07 bits per heavy atom. The number of para-hydroxylation sites is 1. The molecule has 0 unspecified atom stereocenters. The largest absolute Gasteiger partial charge is 0.344 e. The highest BCUT2D eigenvalue weighted by atomic mass is 14.9. The van der Waals surface area contributed by atoms with Crippen LogP contribution >= 0.6 is 0 Å². The van der Waals surface area contributed by atoms with Gasteiger partial charge >= 0.3 is 0 Å². The molecule has 0 aliphatic heterocycles. The lowest BCUT2D eigenvalue weighted by Gasteiger charge is -1.94. The molecule has 14 heavy (non-hydrogen) atoms. The van der Waals surface area contributed by atoms with Crippen LogP contribution < -0.4 is 10.6 Å². The number of hydrogen-bond acceptors (Lipinski definition) is 0. The first-order valence-corrected chi connectivity index (χ1v) is 4.95. The lowest BCUT2D eigenvalue weighted by Crippen LogP contribution is -2.26. The van der Waals surface area contributed by atoms with E-state index < -0.39 is 0 Å². The lowest BCUT2D eigenvalue weighted by atomic mass is 10.2. The van der Waals surface area contributed by atoms with Gasteiger partial charge in [-0.3, -0.25) is 0 Å². The third kappa shape index (κ3) is 1.09. The van der Waals surface area contributed by atoms with Crippen molar-refractivity contribution >= 4 is 23.1 Å². The Hall–Kier alpha value is -1.50. The second-order valence-electron chi connectivity index (χ2n) is 3.45. The van der Waals surface area contributed by atoms with Crippen LogP contribution in [0.2, 0.25) is 0 Å². The van der Waals surface area contributed by atoms with Gasteiger partial charge in [-0.2, -0.15) is 0 Å². The number of benzene rings is 1. The molecule has 0 spiro atoms. The van der Waals surface area contributed by atoms with Gasteiger partial charge in [-0.05, 0) is 19.9 Å². The van der Waals surface area contributed by atoms with E-state index in [9.17, 15) is 0 Å². The first-order valence-electron chi connectivity index (χ1n) is 4.95. The van der Waals surface area contributed by atoms with Crippen molar-refractivity contribution in [3.05, 3.63) is 34.8 Å². The summed E-state index contributed by atoms with van der Waals surface area (Å²) < 4.78 is 2.24. The Morgan fingerprint density at radius 2 is 1.79 bits per heavy atom. The van der Waals surface area contributed by atoms with Crippen molar-refractivity contribution in [2.75, 3.05) is 0 Å². The van der Waals surface area contributed by atoms with Gasteiger partial charge in [-0.25, -0.2) is 0 Å². The van der Waals surface area contributed by atoms with E-state index in [1.54, 1.807) is 0 Å². The first kappa shape index (κ1) is 9.07. The highest BCUT2D eigenvalue weighted by molar-refractivity contribution is 5.81. The quantitative estimate of drug-likeness (QED) is 0.589. The summed E-state index contributed by atoms with van der Waals surface area (Å²) in [6.45, 7) is 4.18. The molecule has 0 fully saturated rings. The van der Waals surface area contributed by atoms with Crippen LogP contribution in [0.15, 0.2) is 24.3 Å². The molecule has 1 aromatic carbocycles. The summed E-state index contributed by atoms with van der Waals surface area (Å²) in [5.74, 6) is 0. The molecule has 0 saturated carbocycles. The van der Waals surface area contributed by atoms with Gasteiger partial charge in [0.25, 0.3) is 0 Å². The molecule has 0 N–H and O–H groups in total. The van der Waals surface area contributed by atoms with Crippen molar-refractivity contribution in [2.45, 2.75) is 13.8 Å². The van der Waals surface area contributed by atoms with Crippen LogP contribution in [0.25, 0.3) is 23.1 Å². The molecule has 2 rings (SSSR count). The van der Waals surface area contributed by atoms with Gasteiger partial charge in [0.1, 0.15) is 0 Å². The number of hydrogen-bond donors (Lipinski definition) is 0. The molecule has 1 heteroatoms. The molecular weight excluding hydrogens is 170 g/mol. The summed E-state index contributed by atoms with van der Waals surface area (Å²) in [6, 6.07) is 8.52. The van der Waals surface area contributed by atoms with Crippen molar-refractivity contribution in [2.24, 2.45) is 7.05 Å². The summed E-state index contributed by atoms with van der Waals surface area (Å²) in [5, 5.41) is 3.98. The van der Waals surface area contributed by atoms with Gasteiger partial charge in [-0.15, -0.1) is 0 Å². The standard InChI is InChI=1S/C13H15N/c1-4-10-11-8-6-7-9-13(11)14(3)12(10)5-2/h4-9H,1-3H3. The molecule has 0 bridgehead atoms. The van der Waals surface area contributed by atoms with Crippen LogP contribution in [0.3, 0.4) is 0 Å². The summed E-state index contributed by atoms with van der Waals surface area (Å²) in [4.78, 5) is 0. The zero-order valence-electron chi connectivity index (χ0n) is 8.91. The number of aromatic nitrogens is 1. The third-order valence-corrected chi connectivity index (χ3v) is 2.75. The molecule has 72 valence electrons. The summed E-state index contributed by atoms with van der Waals surface area (Å²) in [6.07, 6.45) is 4.34. The predicted molar refractivity (Wildman–Crippen MR) is 62.4 cm³/mol. The van der Waals surface area contributed by atoms with E-state index in [0.29, 0.717) is 0 Å². The van der Waals surface area contributed by atoms with Gasteiger partial charge in [0, 0.05) is 28.5 Å². The monoisotopic (exact) mass is 185 g/mol. The van der Waals surface area contributed by atoms with E-state index in [4.69, 9.17) is 0 Å². The van der Waals surface area contributed by atoms with E-state index in [2.05, 4.69) is 61.9 Å². The third-order valence-electron chi connectivity index (χ3n) is 2.75. The Kier molecular flexibility index (Phi) is 2.16. The van der Waals surface area contributed by atoms with Crippen LogP contribution in [-0.4, -0.2) is 4.57 Å². The first-order chi connectivity index (χ1) is 6.79. The van der Waals surface area contributed by atoms with E-state index >= 15 is 0 Å². The van der Waals surface area contributed by atoms with Crippen LogP contribution in [-0.2, 0) is 7.05 Å². The maximum absolute atomic E-state index is 2.24. The smallest absolute Gasteiger partial charge is 0.0488 e. The van der Waals surface area contributed by atoms with Crippen molar-refractivity contribution in [3.8, 4) is 0 Å². The average molecular weight is 185 g/mol. The van der Waals surface area contributed by atoms with E-state index in [-0.39, 0.29) is 0 Å². The fourth-order valence-corrected chi connectivity index (χ4v) is 2.09. The molecule has 0 radical (unpaired) electrons. The van der Waals surface area contributed by atoms with E-state index in [1.807, 2.05) is 0 Å². The SMILES string of the molecule is CC=c1c(=CC)n(C)c2ccccc12. The topological polar surface area (TPSA) is 4.93 Å². The van der Waals surface area contributed by atoms with Gasteiger partial charge < -0.3 is 4.57 Å². The minimum Gasteiger partial charge on any atom is -0.344 e. The van der Waals surface area contributed by atoms with Crippen molar-refractivity contribution < 1.29 is 0 Å². The summed E-state index contributed by atoms with van der Waals surface area (Å²) in [5.41, 5.74) is 1.30. The molecule has 0 saturated heterocycles. The zero-order chi connectivity index (χ0) is 10.1. The number of rotatable bonds is 0. The maximum atomic E-state index is 2.24. The van der Waals surface area contributed by atoms with Crippen LogP contribution in [0.1, 0.15) is 13.8 Å². The minimum absolute atomic E-state index is 1.30. The van der Waals surface area contributed by atoms with Gasteiger partial charge in [0.15, 0.2) is 0 Å². The van der Waals surface area contributed by atoms with Crippen molar-refractivity contribution in [1.29, 1.82) is 0 Å². The zero-order valence-corrected chi connectivity index (χ0v) is 8.91. The minimum atomic E-state index is 1.30. The van der Waals surface area contributed by atoms with Crippen LogP contribution in [0.5, 0.6) is 0 Å². The average Bonchev–Trinajstić information content (AvgIpc) is 2.51. The fraction of sp³-hybridized carbons (Fsp3) is 0.231. The molecule has 1 heterocycles. The molecular formula is C13H15N. The number of fused-ring (bicyclic) bond motifs is 1. The molecule has 1 nitrogen and oxygen atoms in total. The second-order valence-corrected chi connectivity index (χ2v) is 3.45. The Labute approximate surface area is 84.0 Å². The number of aryl methyl sites for hydroxylation is 1. The molecule has 0 atom stereocenters. The molecule has 2 aromatic rings. The van der Waals surface area contributed by atoms with E-state index in [1.165, 1.54) is 21.5 Å². The Bertz CT molecular complexity index is 573. The van der Waals surface area contributed by atoms with Gasteiger partial charge in [0.05, 0.1) is 0 Å². The van der Waals surface area contributed by atoms with Gasteiger partial charge in [0.2, 0.25) is 0 Å². The van der Waals surface area contributed by atoms with Crippen molar-refractivity contribution in [1.82, 2.24) is 4.57 Å². The lowest BCUT2D eigenvalue weighted by molar-refractivity contribution is 0.924. The molecule has 0 aliphatic rings. The van der Waals surface area contributed by atoms with Crippen molar-refractivity contribution in [3.63, 3.8) is 0 Å². The van der Waals surface area contributed by atoms with E-state index in [0.717, 1.165) is 0 Å². The van der Waals surface area contributed by atoms with Crippen LogP contribution in [0, 0.1) is 0 Å². The number of nitrogens with zero attached hydrogens (tertiary/aromatic N) is 1. The fourth-order valence-electron chi connectivity index (χ4n) is 2.09. The second kappa shape index (κ2) is 3.33.